The van der Waals surface area contributed by atoms with Gasteiger partial charge in [0.15, 0.2) is 0 Å². The van der Waals surface area contributed by atoms with Crippen LogP contribution in [0.5, 0.6) is 0 Å². The second-order valence-corrected chi connectivity index (χ2v) is 3.70. The van der Waals surface area contributed by atoms with Crippen LogP contribution in [-0.2, 0) is 4.74 Å². The highest BCUT2D eigenvalue weighted by atomic mass is 16.5. The molecule has 1 amide bonds. The Bertz CT molecular complexity index is 444. The van der Waals surface area contributed by atoms with E-state index >= 15 is 0 Å². The molecule has 1 fully saturated rings. The van der Waals surface area contributed by atoms with E-state index in [9.17, 15) is 9.90 Å². The average molecular weight is 265 g/mol. The van der Waals surface area contributed by atoms with E-state index in [1.54, 1.807) is 6.07 Å². The molecule has 2 N–H and O–H groups in total. The lowest BCUT2D eigenvalue weighted by molar-refractivity contribution is 0.171. The fourth-order valence-corrected chi connectivity index (χ4v) is 1.39. The molecule has 1 rings (SSSR count). The van der Waals surface area contributed by atoms with Crippen LogP contribution in [0, 0.1) is 11.3 Å². The predicted octanol–water partition coefficient (Wildman–Crippen LogP) is 0.745. The minimum absolute atomic E-state index is 0.160. The maximum absolute atomic E-state index is 10.7. The lowest BCUT2D eigenvalue weighted by Gasteiger charge is -2.08. The molecule has 8 heteroatoms. The van der Waals surface area contributed by atoms with Gasteiger partial charge in [-0.1, -0.05) is 0 Å². The second-order valence-electron chi connectivity index (χ2n) is 3.70. The number of nitriles is 1. The number of aliphatic hydroxyl groups excluding tert-OH is 1. The summed E-state index contributed by atoms with van der Waals surface area (Å²) in [6.45, 7) is 1.77. The number of likely N-dealkylation sites (tertiary alicyclic amines) is 1. The first-order chi connectivity index (χ1) is 9.17. The monoisotopic (exact) mass is 265 g/mol. The summed E-state index contributed by atoms with van der Waals surface area (Å²) >= 11 is 0. The number of amides is 1. The van der Waals surface area contributed by atoms with Crippen molar-refractivity contribution in [3.63, 3.8) is 0 Å². The number of carbonyl (C=O) groups is 1. The van der Waals surface area contributed by atoms with Crippen LogP contribution in [0.15, 0.2) is 21.6 Å². The number of ether oxygens (including phenoxy) is 1. The van der Waals surface area contributed by atoms with Crippen LogP contribution < -0.4 is 5.43 Å². The SMILES string of the molecule is COC(=O)NN=CC(C#N)=C(O)N=CN1CCCC1. The molecule has 0 bridgehead atoms. The number of rotatable bonds is 4. The van der Waals surface area contributed by atoms with Gasteiger partial charge in [0.2, 0.25) is 5.88 Å². The van der Waals surface area contributed by atoms with E-state index in [4.69, 9.17) is 5.26 Å². The van der Waals surface area contributed by atoms with Gasteiger partial charge in [-0.2, -0.15) is 10.4 Å². The summed E-state index contributed by atoms with van der Waals surface area (Å²) in [5.41, 5.74) is 1.84. The zero-order valence-corrected chi connectivity index (χ0v) is 10.5. The van der Waals surface area contributed by atoms with Crippen LogP contribution in [0.25, 0.3) is 0 Å². The number of aliphatic imine (C=N–C) groups is 1. The van der Waals surface area contributed by atoms with E-state index in [2.05, 4.69) is 14.8 Å². The summed E-state index contributed by atoms with van der Waals surface area (Å²) in [5.74, 6) is -0.454. The first kappa shape index (κ1) is 14.5. The van der Waals surface area contributed by atoms with E-state index in [0.29, 0.717) is 0 Å². The highest BCUT2D eigenvalue weighted by molar-refractivity contribution is 5.85. The molecule has 1 heterocycles. The molecule has 1 aliphatic heterocycles. The van der Waals surface area contributed by atoms with E-state index in [1.165, 1.54) is 13.4 Å². The molecule has 0 atom stereocenters. The van der Waals surface area contributed by atoms with Crippen LogP contribution in [0.4, 0.5) is 4.79 Å². The van der Waals surface area contributed by atoms with Crippen LogP contribution >= 0.6 is 0 Å². The van der Waals surface area contributed by atoms with Crippen molar-refractivity contribution >= 4 is 18.6 Å². The Morgan fingerprint density at radius 1 is 1.53 bits per heavy atom. The molecule has 8 nitrogen and oxygen atoms in total. The average Bonchev–Trinajstić information content (AvgIpc) is 2.93. The number of methoxy groups -OCH3 is 1. The summed E-state index contributed by atoms with van der Waals surface area (Å²) in [6.07, 6.45) is 3.89. The summed E-state index contributed by atoms with van der Waals surface area (Å²) in [6, 6.07) is 1.72. The minimum Gasteiger partial charge on any atom is -0.492 e. The molecule has 1 saturated heterocycles. The van der Waals surface area contributed by atoms with Gasteiger partial charge in [0.25, 0.3) is 0 Å². The summed E-state index contributed by atoms with van der Waals surface area (Å²) in [7, 11) is 1.18. The number of nitrogens with zero attached hydrogens (tertiary/aromatic N) is 4. The topological polar surface area (TPSA) is 110 Å². The number of nitrogens with one attached hydrogen (secondary N) is 1. The van der Waals surface area contributed by atoms with Crippen molar-refractivity contribution in [1.82, 2.24) is 10.3 Å². The van der Waals surface area contributed by atoms with Crippen molar-refractivity contribution in [3.05, 3.63) is 11.5 Å². The molecule has 0 radical (unpaired) electrons. The largest absolute Gasteiger partial charge is 0.492 e. The van der Waals surface area contributed by atoms with Crippen molar-refractivity contribution < 1.29 is 14.6 Å². The summed E-state index contributed by atoms with van der Waals surface area (Å²) in [4.78, 5) is 16.4. The van der Waals surface area contributed by atoms with Crippen LogP contribution in [-0.4, -0.2) is 48.9 Å². The number of carbonyl (C=O) groups excluding carboxylic acids is 1. The molecule has 0 aromatic carbocycles. The Morgan fingerprint density at radius 3 is 2.79 bits per heavy atom. The standard InChI is InChI=1S/C11H15N5O3/c1-19-11(18)15-14-7-9(6-12)10(17)13-8-16-4-2-3-5-16/h7-8,17H,2-5H2,1H3,(H,15,18). The fraction of sp³-hybridized carbons (Fsp3) is 0.455. The van der Waals surface area contributed by atoms with Gasteiger partial charge in [0, 0.05) is 13.1 Å². The summed E-state index contributed by atoms with van der Waals surface area (Å²) < 4.78 is 4.28. The van der Waals surface area contributed by atoms with Gasteiger partial charge in [0.1, 0.15) is 11.6 Å². The van der Waals surface area contributed by atoms with Gasteiger partial charge in [-0.05, 0) is 12.8 Å². The van der Waals surface area contributed by atoms with Crippen molar-refractivity contribution in [2.45, 2.75) is 12.8 Å². The Balaban J connectivity index is 2.62. The lowest BCUT2D eigenvalue weighted by Crippen LogP contribution is -2.17. The quantitative estimate of drug-likeness (QED) is 0.256. The first-order valence-electron chi connectivity index (χ1n) is 5.66. The van der Waals surface area contributed by atoms with Crippen LogP contribution in [0.1, 0.15) is 12.8 Å². The van der Waals surface area contributed by atoms with Crippen molar-refractivity contribution in [3.8, 4) is 6.07 Å². The minimum atomic E-state index is -0.770. The van der Waals surface area contributed by atoms with Gasteiger partial charge >= 0.3 is 6.09 Å². The Labute approximate surface area is 110 Å². The highest BCUT2D eigenvalue weighted by Gasteiger charge is 2.08. The Morgan fingerprint density at radius 2 is 2.21 bits per heavy atom. The molecular formula is C11H15N5O3. The van der Waals surface area contributed by atoms with Gasteiger partial charge in [0.05, 0.1) is 19.7 Å². The molecule has 0 aromatic rings. The van der Waals surface area contributed by atoms with E-state index < -0.39 is 12.0 Å². The van der Waals surface area contributed by atoms with E-state index in [-0.39, 0.29) is 5.57 Å². The maximum atomic E-state index is 10.7. The normalized spacial score (nSPS) is 16.5. The van der Waals surface area contributed by atoms with Crippen LogP contribution in [0.2, 0.25) is 0 Å². The Kier molecular flexibility index (Phi) is 5.88. The van der Waals surface area contributed by atoms with E-state index in [1.807, 2.05) is 10.3 Å². The van der Waals surface area contributed by atoms with Crippen molar-refractivity contribution in [2.24, 2.45) is 10.1 Å². The smallest absolute Gasteiger partial charge is 0.427 e. The van der Waals surface area contributed by atoms with Crippen molar-refractivity contribution in [1.29, 1.82) is 5.26 Å². The van der Waals surface area contributed by atoms with Crippen LogP contribution in [0.3, 0.4) is 0 Å². The second kappa shape index (κ2) is 7.71. The molecule has 0 saturated carbocycles. The molecule has 0 aromatic heterocycles. The third-order valence-electron chi connectivity index (χ3n) is 2.38. The predicted molar refractivity (Wildman–Crippen MR) is 68.6 cm³/mol. The molecule has 0 unspecified atom stereocenters. The third-order valence-corrected chi connectivity index (χ3v) is 2.38. The maximum Gasteiger partial charge on any atom is 0.427 e. The van der Waals surface area contributed by atoms with Gasteiger partial charge in [-0.15, -0.1) is 0 Å². The highest BCUT2D eigenvalue weighted by Crippen LogP contribution is 2.06. The Hall–Kier alpha value is -2.56. The molecule has 0 aliphatic carbocycles. The number of allylic oxidation sites excluding steroid dienone is 1. The molecule has 102 valence electrons. The van der Waals surface area contributed by atoms with Gasteiger partial charge in [-0.25, -0.2) is 15.2 Å². The molecule has 1 aliphatic rings. The number of hydrogen-bond donors (Lipinski definition) is 2. The zero-order chi connectivity index (χ0) is 14.1. The molecule has 0 spiro atoms. The third kappa shape index (κ3) is 5.08. The van der Waals surface area contributed by atoms with Crippen molar-refractivity contribution in [2.75, 3.05) is 20.2 Å². The van der Waals surface area contributed by atoms with Gasteiger partial charge < -0.3 is 14.7 Å². The number of aliphatic hydroxyl groups is 1. The van der Waals surface area contributed by atoms with Gasteiger partial charge in [-0.3, -0.25) is 0 Å². The fourth-order valence-electron chi connectivity index (χ4n) is 1.39. The zero-order valence-electron chi connectivity index (χ0n) is 10.5. The van der Waals surface area contributed by atoms with E-state index in [0.717, 1.165) is 32.1 Å². The lowest BCUT2D eigenvalue weighted by atomic mass is 10.3. The first-order valence-corrected chi connectivity index (χ1v) is 5.66. The number of hydrazone groups is 1. The molecule has 19 heavy (non-hydrogen) atoms. The number of hydrogen-bond acceptors (Lipinski definition) is 6. The molecular weight excluding hydrogens is 250 g/mol. The summed E-state index contributed by atoms with van der Waals surface area (Å²) in [5, 5.41) is 21.8.